The molecular weight excluding hydrogens is 210 g/mol. The number of para-hydroxylation sites is 1. The Bertz CT molecular complexity index is 485. The molecule has 0 radical (unpaired) electrons. The Balaban J connectivity index is 1.77. The largest absolute Gasteiger partial charge is 0.307 e. The Hall–Kier alpha value is -1.61. The average Bonchev–Trinajstić information content (AvgIpc) is 3.04. The summed E-state index contributed by atoms with van der Waals surface area (Å²) in [5.41, 5.74) is 2.36. The summed E-state index contributed by atoms with van der Waals surface area (Å²) >= 11 is 0. The van der Waals surface area contributed by atoms with Crippen molar-refractivity contribution >= 4 is 0 Å². The van der Waals surface area contributed by atoms with Crippen molar-refractivity contribution < 1.29 is 0 Å². The first-order chi connectivity index (χ1) is 8.33. The van der Waals surface area contributed by atoms with Crippen molar-refractivity contribution in [1.29, 1.82) is 0 Å². The zero-order valence-corrected chi connectivity index (χ0v) is 10.0. The number of hydrogen-bond donors (Lipinski definition) is 1. The molecule has 3 nitrogen and oxygen atoms in total. The van der Waals surface area contributed by atoms with Gasteiger partial charge in [0.25, 0.3) is 0 Å². The molecule has 0 aliphatic heterocycles. The minimum atomic E-state index is 0.389. The molecule has 3 rings (SSSR count). The van der Waals surface area contributed by atoms with Crippen LogP contribution in [-0.2, 0) is 0 Å². The van der Waals surface area contributed by atoms with Crippen LogP contribution < -0.4 is 5.32 Å². The van der Waals surface area contributed by atoms with Crippen LogP contribution in [0.1, 0.15) is 31.4 Å². The summed E-state index contributed by atoms with van der Waals surface area (Å²) in [4.78, 5) is 0. The van der Waals surface area contributed by atoms with Crippen molar-refractivity contribution in [1.82, 2.24) is 15.1 Å². The lowest BCUT2D eigenvalue weighted by molar-refractivity contribution is 0.571. The molecule has 88 valence electrons. The maximum absolute atomic E-state index is 4.41. The van der Waals surface area contributed by atoms with Gasteiger partial charge in [-0.05, 0) is 31.9 Å². The summed E-state index contributed by atoms with van der Waals surface area (Å²) in [5, 5.41) is 7.99. The molecule has 3 heteroatoms. The Morgan fingerprint density at radius 3 is 2.76 bits per heavy atom. The van der Waals surface area contributed by atoms with E-state index in [1.807, 2.05) is 29.1 Å². The molecule has 1 aromatic carbocycles. The van der Waals surface area contributed by atoms with Gasteiger partial charge in [-0.3, -0.25) is 0 Å². The predicted molar refractivity (Wildman–Crippen MR) is 68.1 cm³/mol. The fourth-order valence-electron chi connectivity index (χ4n) is 1.98. The van der Waals surface area contributed by atoms with Crippen molar-refractivity contribution in [2.24, 2.45) is 0 Å². The Morgan fingerprint density at radius 2 is 2.06 bits per heavy atom. The van der Waals surface area contributed by atoms with Crippen LogP contribution in [0.25, 0.3) is 5.69 Å². The first kappa shape index (κ1) is 10.5. The molecule has 1 N–H and O–H groups in total. The molecular formula is C14H17N3. The second-order valence-corrected chi connectivity index (χ2v) is 4.72. The fraction of sp³-hybridized carbons (Fsp3) is 0.357. The molecule has 0 amide bonds. The maximum atomic E-state index is 4.41. The van der Waals surface area contributed by atoms with Crippen LogP contribution in [0.15, 0.2) is 42.7 Å². The lowest BCUT2D eigenvalue weighted by atomic mass is 10.2. The van der Waals surface area contributed by atoms with Crippen LogP contribution >= 0.6 is 0 Å². The molecule has 1 atom stereocenters. The van der Waals surface area contributed by atoms with Crippen LogP contribution in [0.5, 0.6) is 0 Å². The van der Waals surface area contributed by atoms with Crippen molar-refractivity contribution in [2.45, 2.75) is 31.8 Å². The third-order valence-corrected chi connectivity index (χ3v) is 3.19. The van der Waals surface area contributed by atoms with E-state index in [1.54, 1.807) is 0 Å². The van der Waals surface area contributed by atoms with Gasteiger partial charge in [0.2, 0.25) is 0 Å². The molecule has 1 heterocycles. The van der Waals surface area contributed by atoms with Crippen molar-refractivity contribution in [3.63, 3.8) is 0 Å². The van der Waals surface area contributed by atoms with Crippen LogP contribution in [0, 0.1) is 0 Å². The first-order valence-electron chi connectivity index (χ1n) is 6.19. The summed E-state index contributed by atoms with van der Waals surface area (Å²) in [7, 11) is 0. The SMILES string of the molecule is CC(NC1CC1)c1cnn(-c2ccccc2)c1. The van der Waals surface area contributed by atoms with E-state index in [0.717, 1.165) is 11.7 Å². The van der Waals surface area contributed by atoms with Gasteiger partial charge in [-0.1, -0.05) is 18.2 Å². The van der Waals surface area contributed by atoms with Gasteiger partial charge in [0.1, 0.15) is 0 Å². The van der Waals surface area contributed by atoms with Crippen molar-refractivity contribution in [3.05, 3.63) is 48.3 Å². The Morgan fingerprint density at radius 1 is 1.29 bits per heavy atom. The maximum Gasteiger partial charge on any atom is 0.0645 e. The minimum absolute atomic E-state index is 0.389. The summed E-state index contributed by atoms with van der Waals surface area (Å²) in [5.74, 6) is 0. The average molecular weight is 227 g/mol. The van der Waals surface area contributed by atoms with E-state index >= 15 is 0 Å². The normalized spacial score (nSPS) is 17.0. The molecule has 1 saturated carbocycles. The highest BCUT2D eigenvalue weighted by atomic mass is 15.3. The van der Waals surface area contributed by atoms with Crippen molar-refractivity contribution in [3.8, 4) is 5.69 Å². The summed E-state index contributed by atoms with van der Waals surface area (Å²) in [6, 6.07) is 11.3. The topological polar surface area (TPSA) is 29.9 Å². The first-order valence-corrected chi connectivity index (χ1v) is 6.19. The van der Waals surface area contributed by atoms with Gasteiger partial charge in [0.05, 0.1) is 11.9 Å². The molecule has 1 fully saturated rings. The van der Waals surface area contributed by atoms with E-state index in [4.69, 9.17) is 0 Å². The molecule has 0 spiro atoms. The smallest absolute Gasteiger partial charge is 0.0645 e. The Labute approximate surface area is 101 Å². The zero-order valence-electron chi connectivity index (χ0n) is 10.0. The lowest BCUT2D eigenvalue weighted by Gasteiger charge is -2.10. The van der Waals surface area contributed by atoms with E-state index in [9.17, 15) is 0 Å². The van der Waals surface area contributed by atoms with E-state index in [2.05, 4.69) is 35.7 Å². The van der Waals surface area contributed by atoms with Crippen LogP contribution in [0.4, 0.5) is 0 Å². The summed E-state index contributed by atoms with van der Waals surface area (Å²) < 4.78 is 1.93. The number of nitrogens with zero attached hydrogens (tertiary/aromatic N) is 2. The monoisotopic (exact) mass is 227 g/mol. The second kappa shape index (κ2) is 4.34. The van der Waals surface area contributed by atoms with Gasteiger partial charge in [-0.15, -0.1) is 0 Å². The molecule has 1 aromatic heterocycles. The molecule has 1 unspecified atom stereocenters. The third-order valence-electron chi connectivity index (χ3n) is 3.19. The molecule has 0 bridgehead atoms. The van der Waals surface area contributed by atoms with Crippen molar-refractivity contribution in [2.75, 3.05) is 0 Å². The third kappa shape index (κ3) is 2.39. The predicted octanol–water partition coefficient (Wildman–Crippen LogP) is 2.69. The molecule has 2 aromatic rings. The van der Waals surface area contributed by atoms with Gasteiger partial charge in [0.15, 0.2) is 0 Å². The molecule has 17 heavy (non-hydrogen) atoms. The van der Waals surface area contributed by atoms with Gasteiger partial charge in [-0.25, -0.2) is 4.68 Å². The van der Waals surface area contributed by atoms with E-state index in [0.29, 0.717) is 6.04 Å². The van der Waals surface area contributed by atoms with E-state index in [-0.39, 0.29) is 0 Å². The van der Waals surface area contributed by atoms with Gasteiger partial charge < -0.3 is 5.32 Å². The zero-order chi connectivity index (χ0) is 11.7. The minimum Gasteiger partial charge on any atom is -0.307 e. The number of benzene rings is 1. The summed E-state index contributed by atoms with van der Waals surface area (Å²) in [6.45, 7) is 2.20. The number of aromatic nitrogens is 2. The Kier molecular flexibility index (Phi) is 2.69. The number of nitrogens with one attached hydrogen (secondary N) is 1. The highest BCUT2D eigenvalue weighted by Crippen LogP contribution is 2.24. The van der Waals surface area contributed by atoms with Gasteiger partial charge in [0, 0.05) is 23.8 Å². The van der Waals surface area contributed by atoms with Gasteiger partial charge in [-0.2, -0.15) is 5.10 Å². The van der Waals surface area contributed by atoms with Crippen LogP contribution in [0.3, 0.4) is 0 Å². The number of hydrogen-bond acceptors (Lipinski definition) is 2. The van der Waals surface area contributed by atoms with Gasteiger partial charge >= 0.3 is 0 Å². The van der Waals surface area contributed by atoms with E-state index < -0.39 is 0 Å². The highest BCUT2D eigenvalue weighted by Gasteiger charge is 2.23. The molecule has 1 aliphatic rings. The quantitative estimate of drug-likeness (QED) is 0.870. The molecule has 0 saturated heterocycles. The van der Waals surface area contributed by atoms with Crippen LogP contribution in [0.2, 0.25) is 0 Å². The lowest BCUT2D eigenvalue weighted by Crippen LogP contribution is -2.20. The standard InChI is InChI=1S/C14H17N3/c1-11(16-13-7-8-13)12-9-15-17(10-12)14-5-3-2-4-6-14/h2-6,9-11,13,16H,7-8H2,1H3. The second-order valence-electron chi connectivity index (χ2n) is 4.72. The molecule has 1 aliphatic carbocycles. The highest BCUT2D eigenvalue weighted by molar-refractivity contribution is 5.31. The number of rotatable bonds is 4. The van der Waals surface area contributed by atoms with Crippen LogP contribution in [-0.4, -0.2) is 15.8 Å². The fourth-order valence-corrected chi connectivity index (χ4v) is 1.98. The van der Waals surface area contributed by atoms with E-state index in [1.165, 1.54) is 18.4 Å². The summed E-state index contributed by atoms with van der Waals surface area (Å²) in [6.07, 6.45) is 6.69.